The molecule has 0 spiro atoms. The molecule has 0 unspecified atom stereocenters. The van der Waals surface area contributed by atoms with Gasteiger partial charge in [0.1, 0.15) is 11.5 Å². The number of rotatable bonds is 5. The van der Waals surface area contributed by atoms with Gasteiger partial charge in [0.2, 0.25) is 0 Å². The molecule has 9 nitrogen and oxygen atoms in total. The van der Waals surface area contributed by atoms with Crippen molar-refractivity contribution in [3.8, 4) is 0 Å². The first kappa shape index (κ1) is 14.4. The fourth-order valence-corrected chi connectivity index (χ4v) is 1.38. The molecule has 0 saturated carbocycles. The molecule has 0 saturated heterocycles. The van der Waals surface area contributed by atoms with Crippen LogP contribution in [0.2, 0.25) is 0 Å². The molecule has 0 bridgehead atoms. The second kappa shape index (κ2) is 6.31. The lowest BCUT2D eigenvalue weighted by molar-refractivity contribution is -0.114. The Kier molecular flexibility index (Phi) is 4.78. The number of carbonyl (C=O) groups excluding carboxylic acids is 3. The summed E-state index contributed by atoms with van der Waals surface area (Å²) in [5, 5.41) is 2.67. The summed E-state index contributed by atoms with van der Waals surface area (Å²) in [6, 6.07) is 0. The highest BCUT2D eigenvalue weighted by atomic mass is 16.5. The number of ketones is 1. The molecule has 1 N–H and O–H groups in total. The molecular weight excluding hydrogens is 254 g/mol. The lowest BCUT2D eigenvalue weighted by atomic mass is 10.2. The lowest BCUT2D eigenvalue weighted by Crippen LogP contribution is -2.16. The van der Waals surface area contributed by atoms with Crippen LogP contribution in [0.1, 0.15) is 40.1 Å². The summed E-state index contributed by atoms with van der Waals surface area (Å²) in [6.07, 6.45) is 1.22. The Bertz CT molecular complexity index is 570. The second-order valence-corrected chi connectivity index (χ2v) is 3.47. The van der Waals surface area contributed by atoms with Crippen molar-refractivity contribution in [2.45, 2.75) is 19.8 Å². The minimum absolute atomic E-state index is 0.225. The number of ether oxygens (including phenoxy) is 1. The zero-order valence-electron chi connectivity index (χ0n) is 10.3. The number of aromatic amines is 1. The first-order valence-electron chi connectivity index (χ1n) is 5.36. The van der Waals surface area contributed by atoms with E-state index in [0.29, 0.717) is 12.2 Å². The molecule has 1 amide bonds. The largest absolute Gasteiger partial charge is 0.464 e. The van der Waals surface area contributed by atoms with E-state index in [0.717, 1.165) is 13.5 Å². The quantitative estimate of drug-likeness (QED) is 0.212. The number of amides is 1. The Morgan fingerprint density at radius 2 is 2.16 bits per heavy atom. The van der Waals surface area contributed by atoms with Crippen molar-refractivity contribution >= 4 is 17.7 Å². The summed E-state index contributed by atoms with van der Waals surface area (Å²) in [5.74, 6) is -2.94. The number of hydrogen-bond acceptors (Lipinski definition) is 5. The van der Waals surface area contributed by atoms with Crippen LogP contribution in [0.15, 0.2) is 5.11 Å². The van der Waals surface area contributed by atoms with Gasteiger partial charge in [-0.3, -0.25) is 9.59 Å². The van der Waals surface area contributed by atoms with Crippen LogP contribution in [0, 0.1) is 0 Å². The van der Waals surface area contributed by atoms with Gasteiger partial charge in [0.25, 0.3) is 11.7 Å². The number of imidazole rings is 1. The molecule has 1 aromatic rings. The average Bonchev–Trinajstić information content (AvgIpc) is 2.81. The topological polar surface area (TPSA) is 138 Å². The Labute approximate surface area is 107 Å². The van der Waals surface area contributed by atoms with Gasteiger partial charge in [-0.15, -0.1) is 0 Å². The van der Waals surface area contributed by atoms with Crippen molar-refractivity contribution < 1.29 is 19.1 Å². The van der Waals surface area contributed by atoms with E-state index in [1.165, 1.54) is 0 Å². The maximum atomic E-state index is 11.7. The molecule has 0 aromatic carbocycles. The monoisotopic (exact) mass is 265 g/mol. The van der Waals surface area contributed by atoms with E-state index in [1.54, 1.807) is 0 Å². The number of carbonyl (C=O) groups is 3. The van der Waals surface area contributed by atoms with Crippen molar-refractivity contribution in [2.24, 2.45) is 5.11 Å². The summed E-state index contributed by atoms with van der Waals surface area (Å²) in [5.41, 5.74) is 7.49. The van der Waals surface area contributed by atoms with E-state index in [2.05, 4.69) is 24.7 Å². The minimum Gasteiger partial charge on any atom is -0.464 e. The number of H-pyrrole nitrogens is 1. The molecular formula is C10H11N5O4. The number of Topliss-reactive ketones (excluding diaryl/α,β-unsaturated/α-hetero) is 1. The molecule has 0 fully saturated rings. The molecule has 0 radical (unpaired) electrons. The first-order chi connectivity index (χ1) is 9.04. The van der Waals surface area contributed by atoms with Crippen LogP contribution in [0.3, 0.4) is 0 Å². The van der Waals surface area contributed by atoms with Crippen molar-refractivity contribution in [3.63, 3.8) is 0 Å². The van der Waals surface area contributed by atoms with Gasteiger partial charge in [0.05, 0.1) is 7.11 Å². The van der Waals surface area contributed by atoms with E-state index in [-0.39, 0.29) is 5.69 Å². The molecule has 0 aliphatic heterocycles. The maximum Gasteiger partial charge on any atom is 0.356 e. The Morgan fingerprint density at radius 3 is 2.68 bits per heavy atom. The number of aryl methyl sites for hydroxylation is 1. The summed E-state index contributed by atoms with van der Waals surface area (Å²) in [4.78, 5) is 43.1. The van der Waals surface area contributed by atoms with E-state index in [9.17, 15) is 14.4 Å². The number of hydrogen-bond donors (Lipinski definition) is 1. The zero-order valence-corrected chi connectivity index (χ0v) is 10.3. The number of methoxy groups -OCH3 is 1. The summed E-state index contributed by atoms with van der Waals surface area (Å²) in [7, 11) is 1.13. The maximum absolute atomic E-state index is 11.7. The number of nitrogens with zero attached hydrogens (tertiary/aromatic N) is 4. The smallest absolute Gasteiger partial charge is 0.356 e. The fraction of sp³-hybridized carbons (Fsp3) is 0.400. The summed E-state index contributed by atoms with van der Waals surface area (Å²) in [6.45, 7) is 1.88. The van der Waals surface area contributed by atoms with Gasteiger partial charge in [-0.2, -0.15) is 0 Å². The molecule has 19 heavy (non-hydrogen) atoms. The SMILES string of the molecule is CCCc1nc(C(=O)C(=O)N=[N+]=[N-])c(C(=O)OC)[nH]1. The molecule has 9 heteroatoms. The minimum atomic E-state index is -1.33. The van der Waals surface area contributed by atoms with Crippen molar-refractivity contribution in [2.75, 3.05) is 7.11 Å². The highest BCUT2D eigenvalue weighted by Crippen LogP contribution is 2.11. The number of aromatic nitrogens is 2. The predicted molar refractivity (Wildman–Crippen MR) is 62.4 cm³/mol. The van der Waals surface area contributed by atoms with Crippen molar-refractivity contribution in [1.82, 2.24) is 9.97 Å². The van der Waals surface area contributed by atoms with E-state index in [4.69, 9.17) is 5.53 Å². The molecule has 0 atom stereocenters. The predicted octanol–water partition coefficient (Wildman–Crippen LogP) is 1.17. The highest BCUT2D eigenvalue weighted by molar-refractivity contribution is 6.43. The first-order valence-corrected chi connectivity index (χ1v) is 5.36. The average molecular weight is 265 g/mol. The Balaban J connectivity index is 3.23. The fourth-order valence-electron chi connectivity index (χ4n) is 1.38. The summed E-state index contributed by atoms with van der Waals surface area (Å²) >= 11 is 0. The molecule has 1 aromatic heterocycles. The Morgan fingerprint density at radius 1 is 1.47 bits per heavy atom. The van der Waals surface area contributed by atoms with Gasteiger partial charge < -0.3 is 9.72 Å². The van der Waals surface area contributed by atoms with Gasteiger partial charge in [-0.25, -0.2) is 9.78 Å². The molecule has 0 aliphatic rings. The van der Waals surface area contributed by atoms with Crippen LogP contribution < -0.4 is 0 Å². The van der Waals surface area contributed by atoms with Crippen LogP contribution in [0.25, 0.3) is 10.4 Å². The second-order valence-electron chi connectivity index (χ2n) is 3.47. The standard InChI is InChI=1S/C10H11N5O4/c1-3-4-5-12-6(7(13-5)10(18)19-2)8(16)9(17)14-15-11/h3-4H2,1-2H3,(H,12,13). The zero-order chi connectivity index (χ0) is 14.4. The van der Waals surface area contributed by atoms with Gasteiger partial charge in [0, 0.05) is 11.3 Å². The molecule has 1 heterocycles. The molecule has 0 aliphatic carbocycles. The third kappa shape index (κ3) is 3.17. The van der Waals surface area contributed by atoms with Crippen LogP contribution in [0.4, 0.5) is 0 Å². The number of azide groups is 1. The highest BCUT2D eigenvalue weighted by Gasteiger charge is 2.27. The van der Waals surface area contributed by atoms with Crippen LogP contribution in [-0.2, 0) is 16.0 Å². The Hall–Kier alpha value is -2.67. The number of nitrogens with one attached hydrogen (secondary N) is 1. The van der Waals surface area contributed by atoms with Crippen LogP contribution in [0.5, 0.6) is 0 Å². The summed E-state index contributed by atoms with van der Waals surface area (Å²) < 4.78 is 4.48. The van der Waals surface area contributed by atoms with Crippen LogP contribution >= 0.6 is 0 Å². The van der Waals surface area contributed by atoms with Crippen LogP contribution in [-0.4, -0.2) is 34.7 Å². The van der Waals surface area contributed by atoms with E-state index in [1.807, 2.05) is 6.92 Å². The van der Waals surface area contributed by atoms with Crippen molar-refractivity contribution in [3.05, 3.63) is 27.7 Å². The molecule has 1 rings (SSSR count). The van der Waals surface area contributed by atoms with Gasteiger partial charge in [0.15, 0.2) is 5.69 Å². The van der Waals surface area contributed by atoms with Crippen molar-refractivity contribution in [1.29, 1.82) is 0 Å². The van der Waals surface area contributed by atoms with E-state index < -0.39 is 23.4 Å². The van der Waals surface area contributed by atoms with Gasteiger partial charge >= 0.3 is 5.97 Å². The third-order valence-electron chi connectivity index (χ3n) is 2.17. The van der Waals surface area contributed by atoms with E-state index >= 15 is 0 Å². The normalized spacial score (nSPS) is 9.58. The lowest BCUT2D eigenvalue weighted by Gasteiger charge is -1.97. The van der Waals surface area contributed by atoms with Gasteiger partial charge in [-0.05, 0) is 17.1 Å². The molecule has 100 valence electrons. The third-order valence-corrected chi connectivity index (χ3v) is 2.17. The number of esters is 1. The van der Waals surface area contributed by atoms with Gasteiger partial charge in [-0.1, -0.05) is 6.92 Å².